The van der Waals surface area contributed by atoms with E-state index in [1.54, 1.807) is 7.11 Å². The predicted octanol–water partition coefficient (Wildman–Crippen LogP) is 2.24. The zero-order valence-electron chi connectivity index (χ0n) is 7.91. The fraction of sp³-hybridized carbons (Fsp3) is 0.400. The number of hydrogen-bond donors (Lipinski definition) is 0. The van der Waals surface area contributed by atoms with Crippen LogP contribution in [0.1, 0.15) is 0 Å². The highest BCUT2D eigenvalue weighted by atomic mass is 32.2. The number of hydrogen-bond acceptors (Lipinski definition) is 3. The van der Waals surface area contributed by atoms with Crippen LogP contribution in [-0.2, 0) is 0 Å². The molecule has 1 heterocycles. The smallest absolute Gasteiger partial charge is 0.121 e. The lowest BCUT2D eigenvalue weighted by atomic mass is 10.2. The lowest BCUT2D eigenvalue weighted by Gasteiger charge is -2.27. The molecule has 0 aliphatic carbocycles. The molecule has 0 unspecified atom stereocenters. The Morgan fingerprint density at radius 3 is 3.08 bits per heavy atom. The van der Waals surface area contributed by atoms with Gasteiger partial charge in [-0.3, -0.25) is 0 Å². The lowest BCUT2D eigenvalue weighted by Crippen LogP contribution is -2.24. The third kappa shape index (κ3) is 1.61. The fourth-order valence-corrected chi connectivity index (χ4v) is 2.57. The first-order valence-corrected chi connectivity index (χ1v) is 5.32. The van der Waals surface area contributed by atoms with Crippen molar-refractivity contribution in [1.29, 1.82) is 0 Å². The number of anilines is 1. The summed E-state index contributed by atoms with van der Waals surface area (Å²) in [4.78, 5) is 3.63. The highest BCUT2D eigenvalue weighted by molar-refractivity contribution is 7.99. The minimum atomic E-state index is 0.938. The van der Waals surface area contributed by atoms with Crippen LogP contribution < -0.4 is 9.64 Å². The van der Waals surface area contributed by atoms with Crippen LogP contribution in [0.4, 0.5) is 5.69 Å². The van der Waals surface area contributed by atoms with Gasteiger partial charge in [-0.15, -0.1) is 11.8 Å². The SMILES string of the molecule is COc1ccc2c(c1)N(C)CCS2. The molecule has 0 aromatic heterocycles. The van der Waals surface area contributed by atoms with Crippen molar-refractivity contribution in [1.82, 2.24) is 0 Å². The Morgan fingerprint density at radius 2 is 2.31 bits per heavy atom. The van der Waals surface area contributed by atoms with E-state index in [4.69, 9.17) is 4.74 Å². The van der Waals surface area contributed by atoms with Gasteiger partial charge in [0.1, 0.15) is 5.75 Å². The molecule has 1 aliphatic heterocycles. The Labute approximate surface area is 82.9 Å². The van der Waals surface area contributed by atoms with E-state index in [1.807, 2.05) is 17.8 Å². The second-order valence-electron chi connectivity index (χ2n) is 3.10. The summed E-state index contributed by atoms with van der Waals surface area (Å²) in [6.45, 7) is 1.12. The van der Waals surface area contributed by atoms with E-state index in [-0.39, 0.29) is 0 Å². The number of methoxy groups -OCH3 is 1. The Kier molecular flexibility index (Phi) is 2.36. The molecule has 13 heavy (non-hydrogen) atoms. The summed E-state index contributed by atoms with van der Waals surface area (Å²) in [5, 5.41) is 0. The van der Waals surface area contributed by atoms with Gasteiger partial charge in [-0.1, -0.05) is 0 Å². The largest absolute Gasteiger partial charge is 0.497 e. The Bertz CT molecular complexity index is 314. The van der Waals surface area contributed by atoms with Gasteiger partial charge < -0.3 is 9.64 Å². The Hall–Kier alpha value is -0.830. The van der Waals surface area contributed by atoms with Gasteiger partial charge >= 0.3 is 0 Å². The minimum absolute atomic E-state index is 0.938. The number of fused-ring (bicyclic) bond motifs is 1. The predicted molar refractivity (Wildman–Crippen MR) is 57.0 cm³/mol. The van der Waals surface area contributed by atoms with Crippen LogP contribution in [0.15, 0.2) is 23.1 Å². The van der Waals surface area contributed by atoms with E-state index in [0.717, 1.165) is 12.3 Å². The van der Waals surface area contributed by atoms with E-state index >= 15 is 0 Å². The zero-order chi connectivity index (χ0) is 9.26. The molecule has 0 saturated heterocycles. The number of rotatable bonds is 1. The molecule has 0 saturated carbocycles. The molecule has 1 aromatic rings. The maximum Gasteiger partial charge on any atom is 0.121 e. The number of ether oxygens (including phenoxy) is 1. The fourth-order valence-electron chi connectivity index (χ4n) is 1.46. The van der Waals surface area contributed by atoms with Gasteiger partial charge in [0.2, 0.25) is 0 Å². The lowest BCUT2D eigenvalue weighted by molar-refractivity contribution is 0.414. The van der Waals surface area contributed by atoms with Crippen molar-refractivity contribution in [3.8, 4) is 5.75 Å². The molecule has 2 rings (SSSR count). The maximum absolute atomic E-state index is 5.19. The summed E-state index contributed by atoms with van der Waals surface area (Å²) >= 11 is 1.91. The van der Waals surface area contributed by atoms with Crippen molar-refractivity contribution in [3.63, 3.8) is 0 Å². The van der Waals surface area contributed by atoms with Crippen LogP contribution in [0.5, 0.6) is 5.75 Å². The summed E-state index contributed by atoms with van der Waals surface area (Å²) in [7, 11) is 3.83. The summed E-state index contributed by atoms with van der Waals surface area (Å²) in [5.41, 5.74) is 1.29. The molecule has 0 fully saturated rings. The monoisotopic (exact) mass is 195 g/mol. The zero-order valence-corrected chi connectivity index (χ0v) is 8.73. The summed E-state index contributed by atoms with van der Waals surface area (Å²) in [5.74, 6) is 2.11. The van der Waals surface area contributed by atoms with Gasteiger partial charge in [0.15, 0.2) is 0 Å². The van der Waals surface area contributed by atoms with Crippen molar-refractivity contribution >= 4 is 17.4 Å². The van der Waals surface area contributed by atoms with Crippen LogP contribution in [0, 0.1) is 0 Å². The molecule has 1 aromatic carbocycles. The molecule has 0 atom stereocenters. The van der Waals surface area contributed by atoms with Crippen molar-refractivity contribution in [2.45, 2.75) is 4.90 Å². The number of benzene rings is 1. The molecule has 70 valence electrons. The summed E-state index contributed by atoms with van der Waals surface area (Å²) < 4.78 is 5.19. The van der Waals surface area contributed by atoms with Gasteiger partial charge in [-0.2, -0.15) is 0 Å². The van der Waals surface area contributed by atoms with Crippen molar-refractivity contribution in [2.75, 3.05) is 31.4 Å². The van der Waals surface area contributed by atoms with Gasteiger partial charge in [0.25, 0.3) is 0 Å². The molecule has 0 N–H and O–H groups in total. The first-order chi connectivity index (χ1) is 6.31. The molecule has 2 nitrogen and oxygen atoms in total. The second kappa shape index (κ2) is 3.50. The van der Waals surface area contributed by atoms with Crippen LogP contribution in [0.2, 0.25) is 0 Å². The van der Waals surface area contributed by atoms with Gasteiger partial charge in [-0.25, -0.2) is 0 Å². The van der Waals surface area contributed by atoms with Crippen molar-refractivity contribution < 1.29 is 4.74 Å². The highest BCUT2D eigenvalue weighted by Crippen LogP contribution is 2.36. The molecule has 1 aliphatic rings. The Morgan fingerprint density at radius 1 is 1.46 bits per heavy atom. The highest BCUT2D eigenvalue weighted by Gasteiger charge is 2.14. The van der Waals surface area contributed by atoms with Crippen molar-refractivity contribution in [3.05, 3.63) is 18.2 Å². The van der Waals surface area contributed by atoms with Gasteiger partial charge in [-0.05, 0) is 12.1 Å². The number of thioether (sulfide) groups is 1. The standard InChI is InChI=1S/C10H13NOS/c1-11-5-6-13-10-4-3-8(12-2)7-9(10)11/h3-4,7H,5-6H2,1-2H3. The first-order valence-electron chi connectivity index (χ1n) is 4.33. The molecule has 0 spiro atoms. The third-order valence-electron chi connectivity index (χ3n) is 2.26. The number of nitrogens with zero attached hydrogens (tertiary/aromatic N) is 1. The minimum Gasteiger partial charge on any atom is -0.497 e. The van der Waals surface area contributed by atoms with Crippen LogP contribution in [0.25, 0.3) is 0 Å². The maximum atomic E-state index is 5.19. The first kappa shape index (κ1) is 8.75. The topological polar surface area (TPSA) is 12.5 Å². The van der Waals surface area contributed by atoms with Gasteiger partial charge in [0.05, 0.1) is 12.8 Å². The normalized spacial score (nSPS) is 15.4. The average molecular weight is 195 g/mol. The van der Waals surface area contributed by atoms with E-state index in [2.05, 4.69) is 24.1 Å². The quantitative estimate of drug-likeness (QED) is 0.682. The Balaban J connectivity index is 2.41. The van der Waals surface area contributed by atoms with Gasteiger partial charge in [0, 0.05) is 30.3 Å². The van der Waals surface area contributed by atoms with Crippen LogP contribution in [-0.4, -0.2) is 26.5 Å². The summed E-state index contributed by atoms with van der Waals surface area (Å²) in [6.07, 6.45) is 0. The van der Waals surface area contributed by atoms with E-state index in [9.17, 15) is 0 Å². The van der Waals surface area contributed by atoms with Crippen LogP contribution >= 0.6 is 11.8 Å². The molecular formula is C10H13NOS. The average Bonchev–Trinajstić information content (AvgIpc) is 2.18. The molecule has 0 bridgehead atoms. The van der Waals surface area contributed by atoms with E-state index in [1.165, 1.54) is 16.3 Å². The molecule has 0 radical (unpaired) electrons. The van der Waals surface area contributed by atoms with Crippen molar-refractivity contribution in [2.24, 2.45) is 0 Å². The third-order valence-corrected chi connectivity index (χ3v) is 3.30. The second-order valence-corrected chi connectivity index (χ2v) is 4.24. The summed E-state index contributed by atoms with van der Waals surface area (Å²) in [6, 6.07) is 6.25. The van der Waals surface area contributed by atoms with E-state index < -0.39 is 0 Å². The molecular weight excluding hydrogens is 182 g/mol. The molecule has 3 heteroatoms. The molecule has 0 amide bonds. The van der Waals surface area contributed by atoms with Crippen LogP contribution in [0.3, 0.4) is 0 Å². The van der Waals surface area contributed by atoms with E-state index in [0.29, 0.717) is 0 Å².